The number of nitrogens with zero attached hydrogens (tertiary/aromatic N) is 5. The van der Waals surface area contributed by atoms with E-state index >= 15 is 0 Å². The molecule has 1 aromatic heterocycles. The molecule has 0 unspecified atom stereocenters. The van der Waals surface area contributed by atoms with Gasteiger partial charge in [-0.3, -0.25) is 14.4 Å². The van der Waals surface area contributed by atoms with Crippen LogP contribution in [0.5, 0.6) is 0 Å². The van der Waals surface area contributed by atoms with Gasteiger partial charge in [0.25, 0.3) is 0 Å². The Bertz CT molecular complexity index is 525. The first-order valence-electron chi connectivity index (χ1n) is 9.03. The predicted molar refractivity (Wildman–Crippen MR) is 90.4 cm³/mol. The number of carbonyl (C=O) groups excluding carboxylic acids is 1. The van der Waals surface area contributed by atoms with Gasteiger partial charge in [-0.1, -0.05) is 0 Å². The standard InChI is InChI=1S/C17H29N5O2/c1-13-7-21(8-14(2)24-13)17(23)15(3)20-6-4-5-16(9-20)10-22-12-18-11-19-22/h11-16H,4-10H2,1-3H3/t13-,14+,15-,16-/m0/s1. The molecule has 0 radical (unpaired) electrons. The maximum Gasteiger partial charge on any atom is 0.239 e. The molecule has 2 aliphatic heterocycles. The molecule has 7 nitrogen and oxygen atoms in total. The molecule has 0 N–H and O–H groups in total. The van der Waals surface area contributed by atoms with Crippen LogP contribution >= 0.6 is 0 Å². The van der Waals surface area contributed by atoms with Gasteiger partial charge in [0.1, 0.15) is 12.7 Å². The molecular weight excluding hydrogens is 306 g/mol. The molecule has 2 saturated heterocycles. The van der Waals surface area contributed by atoms with E-state index in [0.717, 1.165) is 26.1 Å². The molecule has 3 rings (SSSR count). The van der Waals surface area contributed by atoms with Crippen LogP contribution in [0.2, 0.25) is 0 Å². The minimum atomic E-state index is -0.0685. The Kier molecular flexibility index (Phi) is 5.50. The molecule has 134 valence electrons. The fourth-order valence-corrected chi connectivity index (χ4v) is 3.97. The normalized spacial score (nSPS) is 30.3. The first-order valence-corrected chi connectivity index (χ1v) is 9.03. The first kappa shape index (κ1) is 17.4. The van der Waals surface area contributed by atoms with Crippen molar-refractivity contribution in [1.82, 2.24) is 24.6 Å². The third-order valence-corrected chi connectivity index (χ3v) is 5.10. The van der Waals surface area contributed by atoms with Gasteiger partial charge in [0.05, 0.1) is 18.2 Å². The van der Waals surface area contributed by atoms with Gasteiger partial charge in [0, 0.05) is 26.2 Å². The molecule has 0 bridgehead atoms. The second kappa shape index (κ2) is 7.61. The molecule has 7 heteroatoms. The van der Waals surface area contributed by atoms with Crippen LogP contribution in [0.3, 0.4) is 0 Å². The van der Waals surface area contributed by atoms with E-state index in [1.807, 2.05) is 30.4 Å². The SMILES string of the molecule is C[C@@H]1CN(C(=O)[C@H](C)N2CCC[C@H](Cn3cncn3)C2)C[C@H](C)O1. The van der Waals surface area contributed by atoms with Crippen LogP contribution < -0.4 is 0 Å². The highest BCUT2D eigenvalue weighted by Crippen LogP contribution is 2.21. The molecule has 0 aliphatic carbocycles. The number of piperidine rings is 1. The number of likely N-dealkylation sites (tertiary alicyclic amines) is 1. The number of carbonyl (C=O) groups is 1. The molecule has 0 saturated carbocycles. The van der Waals surface area contributed by atoms with Crippen molar-refractivity contribution in [3.05, 3.63) is 12.7 Å². The van der Waals surface area contributed by atoms with Crippen LogP contribution in [-0.2, 0) is 16.1 Å². The van der Waals surface area contributed by atoms with Gasteiger partial charge in [-0.15, -0.1) is 0 Å². The maximum absolute atomic E-state index is 12.9. The van der Waals surface area contributed by atoms with Crippen molar-refractivity contribution in [3.63, 3.8) is 0 Å². The minimum Gasteiger partial charge on any atom is -0.372 e. The van der Waals surface area contributed by atoms with Crippen molar-refractivity contribution >= 4 is 5.91 Å². The van der Waals surface area contributed by atoms with Crippen LogP contribution in [0.4, 0.5) is 0 Å². The quantitative estimate of drug-likeness (QED) is 0.822. The van der Waals surface area contributed by atoms with Crippen molar-refractivity contribution < 1.29 is 9.53 Å². The number of aromatic nitrogens is 3. The van der Waals surface area contributed by atoms with Crippen LogP contribution in [0.1, 0.15) is 33.6 Å². The second-order valence-corrected chi connectivity index (χ2v) is 7.30. The summed E-state index contributed by atoms with van der Waals surface area (Å²) < 4.78 is 7.64. The van der Waals surface area contributed by atoms with Crippen molar-refractivity contribution in [1.29, 1.82) is 0 Å². The smallest absolute Gasteiger partial charge is 0.239 e. The summed E-state index contributed by atoms with van der Waals surface area (Å²) in [4.78, 5) is 21.2. The van der Waals surface area contributed by atoms with Crippen LogP contribution in [-0.4, -0.2) is 74.9 Å². The van der Waals surface area contributed by atoms with E-state index < -0.39 is 0 Å². The molecule has 24 heavy (non-hydrogen) atoms. The van der Waals surface area contributed by atoms with E-state index in [-0.39, 0.29) is 24.2 Å². The first-order chi connectivity index (χ1) is 11.5. The molecule has 1 aromatic rings. The van der Waals surface area contributed by atoms with Gasteiger partial charge in [0.15, 0.2) is 0 Å². The molecule has 1 amide bonds. The Morgan fingerprint density at radius 2 is 2.04 bits per heavy atom. The summed E-state index contributed by atoms with van der Waals surface area (Å²) in [7, 11) is 0. The average Bonchev–Trinajstić information content (AvgIpc) is 3.06. The summed E-state index contributed by atoms with van der Waals surface area (Å²) in [6.45, 7) is 10.3. The lowest BCUT2D eigenvalue weighted by Crippen LogP contribution is -2.55. The van der Waals surface area contributed by atoms with Crippen molar-refractivity contribution in [2.75, 3.05) is 26.2 Å². The van der Waals surface area contributed by atoms with Gasteiger partial charge in [-0.2, -0.15) is 5.10 Å². The summed E-state index contributed by atoms with van der Waals surface area (Å²) in [5.74, 6) is 0.761. The van der Waals surface area contributed by atoms with Crippen molar-refractivity contribution in [2.45, 2.75) is 58.4 Å². The molecule has 4 atom stereocenters. The van der Waals surface area contributed by atoms with Gasteiger partial charge >= 0.3 is 0 Å². The molecule has 2 aliphatic rings. The van der Waals surface area contributed by atoms with E-state index in [0.29, 0.717) is 19.0 Å². The van der Waals surface area contributed by atoms with E-state index in [1.54, 1.807) is 12.7 Å². The minimum absolute atomic E-state index is 0.0685. The monoisotopic (exact) mass is 335 g/mol. The topological polar surface area (TPSA) is 63.5 Å². The predicted octanol–water partition coefficient (Wildman–Crippen LogP) is 1.01. The van der Waals surface area contributed by atoms with E-state index in [4.69, 9.17) is 4.74 Å². The lowest BCUT2D eigenvalue weighted by molar-refractivity contribution is -0.148. The third-order valence-electron chi connectivity index (χ3n) is 5.10. The van der Waals surface area contributed by atoms with Gasteiger partial charge in [-0.25, -0.2) is 4.98 Å². The number of morpholine rings is 1. The molecule has 3 heterocycles. The largest absolute Gasteiger partial charge is 0.372 e. The Hall–Kier alpha value is -1.47. The van der Waals surface area contributed by atoms with Crippen LogP contribution in [0, 0.1) is 5.92 Å². The van der Waals surface area contributed by atoms with E-state index in [1.165, 1.54) is 6.42 Å². The fourth-order valence-electron chi connectivity index (χ4n) is 3.97. The molecular formula is C17H29N5O2. The van der Waals surface area contributed by atoms with Crippen molar-refractivity contribution in [3.8, 4) is 0 Å². The summed E-state index contributed by atoms with van der Waals surface area (Å²) in [5.41, 5.74) is 0. The second-order valence-electron chi connectivity index (χ2n) is 7.30. The van der Waals surface area contributed by atoms with Crippen LogP contribution in [0.15, 0.2) is 12.7 Å². The Morgan fingerprint density at radius 3 is 2.71 bits per heavy atom. The number of hydrogen-bond donors (Lipinski definition) is 0. The zero-order valence-corrected chi connectivity index (χ0v) is 15.0. The number of rotatable bonds is 4. The third kappa shape index (κ3) is 4.13. The summed E-state index contributed by atoms with van der Waals surface area (Å²) >= 11 is 0. The van der Waals surface area contributed by atoms with Crippen molar-refractivity contribution in [2.24, 2.45) is 5.92 Å². The zero-order chi connectivity index (χ0) is 17.1. The Labute approximate surface area is 144 Å². The van der Waals surface area contributed by atoms with Gasteiger partial charge in [-0.05, 0) is 46.1 Å². The average molecular weight is 335 g/mol. The highest BCUT2D eigenvalue weighted by atomic mass is 16.5. The van der Waals surface area contributed by atoms with Gasteiger partial charge < -0.3 is 9.64 Å². The number of amides is 1. The zero-order valence-electron chi connectivity index (χ0n) is 15.0. The molecule has 2 fully saturated rings. The van der Waals surface area contributed by atoms with E-state index in [9.17, 15) is 4.79 Å². The maximum atomic E-state index is 12.9. The Balaban J connectivity index is 1.57. The summed E-state index contributed by atoms with van der Waals surface area (Å²) in [5, 5.41) is 4.20. The van der Waals surface area contributed by atoms with Crippen LogP contribution in [0.25, 0.3) is 0 Å². The lowest BCUT2D eigenvalue weighted by atomic mass is 9.96. The highest BCUT2D eigenvalue weighted by Gasteiger charge is 2.33. The van der Waals surface area contributed by atoms with Gasteiger partial charge in [0.2, 0.25) is 5.91 Å². The summed E-state index contributed by atoms with van der Waals surface area (Å²) in [6.07, 6.45) is 5.89. The number of hydrogen-bond acceptors (Lipinski definition) is 5. The highest BCUT2D eigenvalue weighted by molar-refractivity contribution is 5.81. The molecule has 0 spiro atoms. The van der Waals surface area contributed by atoms with E-state index in [2.05, 4.69) is 15.0 Å². The Morgan fingerprint density at radius 1 is 1.29 bits per heavy atom. The fraction of sp³-hybridized carbons (Fsp3) is 0.824. The molecule has 0 aromatic carbocycles. The number of ether oxygens (including phenoxy) is 1. The lowest BCUT2D eigenvalue weighted by Gasteiger charge is -2.41. The summed E-state index contributed by atoms with van der Waals surface area (Å²) in [6, 6.07) is -0.0685.